The van der Waals surface area contributed by atoms with Crippen molar-refractivity contribution in [3.05, 3.63) is 35.4 Å². The summed E-state index contributed by atoms with van der Waals surface area (Å²) in [6.45, 7) is 2.30. The second kappa shape index (κ2) is 6.66. The van der Waals surface area contributed by atoms with Crippen molar-refractivity contribution < 1.29 is 23.9 Å². The Morgan fingerprint density at radius 1 is 1.16 bits per heavy atom. The molecule has 3 rings (SSSR count). The number of carbonyl (C=O) groups excluding carboxylic acids is 4. The van der Waals surface area contributed by atoms with Crippen molar-refractivity contribution >= 4 is 23.7 Å². The lowest BCUT2D eigenvalue weighted by Crippen LogP contribution is -2.52. The number of hydrogen-bond acceptors (Lipinski definition) is 5. The monoisotopic (exact) mass is 344 g/mol. The Bertz CT molecular complexity index is 710. The molecular formula is C18H20N2O5. The lowest BCUT2D eigenvalue weighted by Gasteiger charge is -2.34. The van der Waals surface area contributed by atoms with Gasteiger partial charge in [0, 0.05) is 13.1 Å². The summed E-state index contributed by atoms with van der Waals surface area (Å²) in [5.74, 6) is -1.95. The summed E-state index contributed by atoms with van der Waals surface area (Å²) in [5, 5.41) is 0. The second-order valence-electron chi connectivity index (χ2n) is 6.35. The molecule has 1 saturated heterocycles. The maximum absolute atomic E-state index is 12.8. The first kappa shape index (κ1) is 17.1. The fourth-order valence-electron chi connectivity index (χ4n) is 3.47. The summed E-state index contributed by atoms with van der Waals surface area (Å²) in [6.07, 6.45) is 1.35. The number of imide groups is 1. The third-order valence-corrected chi connectivity index (χ3v) is 4.84. The maximum atomic E-state index is 12.8. The van der Waals surface area contributed by atoms with Gasteiger partial charge in [-0.25, -0.2) is 0 Å². The molecule has 3 amide bonds. The molecule has 1 fully saturated rings. The number of ether oxygens (including phenoxy) is 1. The van der Waals surface area contributed by atoms with Crippen molar-refractivity contribution in [2.75, 3.05) is 20.2 Å². The van der Waals surface area contributed by atoms with E-state index >= 15 is 0 Å². The molecule has 1 aromatic rings. The first-order valence-corrected chi connectivity index (χ1v) is 8.29. The van der Waals surface area contributed by atoms with Gasteiger partial charge in [-0.3, -0.25) is 24.1 Å². The number of carbonyl (C=O) groups is 4. The van der Waals surface area contributed by atoms with E-state index in [0.29, 0.717) is 30.5 Å². The lowest BCUT2D eigenvalue weighted by molar-refractivity contribution is -0.149. The standard InChI is InChI=1S/C18H20N2O5/c1-11(15(21)19-9-5-6-12(10-19)18(24)25-2)20-16(22)13-7-3-4-8-14(13)17(20)23/h3-4,7-8,11-12H,5-6,9-10H2,1-2H3. The van der Waals surface area contributed by atoms with Crippen LogP contribution in [-0.4, -0.2) is 59.7 Å². The molecule has 2 aliphatic heterocycles. The molecule has 0 bridgehead atoms. The van der Waals surface area contributed by atoms with Crippen LogP contribution in [0.1, 0.15) is 40.5 Å². The van der Waals surface area contributed by atoms with Gasteiger partial charge in [0.1, 0.15) is 6.04 Å². The summed E-state index contributed by atoms with van der Waals surface area (Å²) in [7, 11) is 1.32. The van der Waals surface area contributed by atoms with E-state index in [1.807, 2.05) is 0 Å². The van der Waals surface area contributed by atoms with Crippen LogP contribution in [0.2, 0.25) is 0 Å². The summed E-state index contributed by atoms with van der Waals surface area (Å²) in [4.78, 5) is 52.1. The van der Waals surface area contributed by atoms with Gasteiger partial charge in [-0.1, -0.05) is 12.1 Å². The van der Waals surface area contributed by atoms with Gasteiger partial charge < -0.3 is 9.64 Å². The Kier molecular flexibility index (Phi) is 4.57. The molecule has 2 heterocycles. The minimum atomic E-state index is -0.913. The summed E-state index contributed by atoms with van der Waals surface area (Å²) >= 11 is 0. The number of hydrogen-bond donors (Lipinski definition) is 0. The Morgan fingerprint density at radius 3 is 2.32 bits per heavy atom. The Labute approximate surface area is 145 Å². The van der Waals surface area contributed by atoms with Crippen molar-refractivity contribution in [1.82, 2.24) is 9.80 Å². The molecule has 0 spiro atoms. The molecule has 7 heteroatoms. The quantitative estimate of drug-likeness (QED) is 0.605. The minimum Gasteiger partial charge on any atom is -0.469 e. The van der Waals surface area contributed by atoms with Gasteiger partial charge in [-0.05, 0) is 31.9 Å². The molecule has 0 radical (unpaired) electrons. The van der Waals surface area contributed by atoms with E-state index in [9.17, 15) is 19.2 Å². The number of rotatable bonds is 3. The largest absolute Gasteiger partial charge is 0.469 e. The molecule has 7 nitrogen and oxygen atoms in total. The van der Waals surface area contributed by atoms with Crippen LogP contribution in [0.25, 0.3) is 0 Å². The highest BCUT2D eigenvalue weighted by molar-refractivity contribution is 6.22. The predicted octanol–water partition coefficient (Wildman–Crippen LogP) is 1.08. The molecule has 2 atom stereocenters. The molecule has 1 aromatic carbocycles. The van der Waals surface area contributed by atoms with Gasteiger partial charge >= 0.3 is 5.97 Å². The van der Waals surface area contributed by atoms with Gasteiger partial charge in [-0.15, -0.1) is 0 Å². The van der Waals surface area contributed by atoms with Gasteiger partial charge in [0.05, 0.1) is 24.2 Å². The highest BCUT2D eigenvalue weighted by atomic mass is 16.5. The van der Waals surface area contributed by atoms with E-state index in [4.69, 9.17) is 4.74 Å². The first-order chi connectivity index (χ1) is 12.0. The summed E-state index contributed by atoms with van der Waals surface area (Å²) < 4.78 is 4.76. The van der Waals surface area contributed by atoms with Crippen LogP contribution >= 0.6 is 0 Å². The van der Waals surface area contributed by atoms with Gasteiger partial charge in [0.2, 0.25) is 5.91 Å². The summed E-state index contributed by atoms with van der Waals surface area (Å²) in [6, 6.07) is 5.63. The molecule has 2 aliphatic rings. The Balaban J connectivity index is 1.76. The van der Waals surface area contributed by atoms with E-state index in [0.717, 1.165) is 4.90 Å². The number of nitrogens with zero attached hydrogens (tertiary/aromatic N) is 2. The van der Waals surface area contributed by atoms with Gasteiger partial charge in [0.15, 0.2) is 0 Å². The van der Waals surface area contributed by atoms with Crippen molar-refractivity contribution in [2.45, 2.75) is 25.8 Å². The van der Waals surface area contributed by atoms with Gasteiger partial charge in [-0.2, -0.15) is 0 Å². The lowest BCUT2D eigenvalue weighted by atomic mass is 9.97. The highest BCUT2D eigenvalue weighted by Crippen LogP contribution is 2.26. The molecule has 0 aromatic heterocycles. The SMILES string of the molecule is COC(=O)C1CCCN(C(=O)C(C)N2C(=O)c3ccccc3C2=O)C1. The molecule has 2 unspecified atom stereocenters. The molecule has 0 N–H and O–H groups in total. The van der Waals surface area contributed by atoms with Crippen LogP contribution in [0, 0.1) is 5.92 Å². The van der Waals surface area contributed by atoms with Crippen LogP contribution in [-0.2, 0) is 14.3 Å². The molecule has 0 aliphatic carbocycles. The number of esters is 1. The minimum absolute atomic E-state index is 0.249. The van der Waals surface area contributed by atoms with E-state index in [-0.39, 0.29) is 24.3 Å². The van der Waals surface area contributed by atoms with E-state index < -0.39 is 17.9 Å². The number of methoxy groups -OCH3 is 1. The molecule has 132 valence electrons. The third-order valence-electron chi connectivity index (χ3n) is 4.84. The molecule has 25 heavy (non-hydrogen) atoms. The van der Waals surface area contributed by atoms with E-state index in [2.05, 4.69) is 0 Å². The second-order valence-corrected chi connectivity index (χ2v) is 6.35. The molecular weight excluding hydrogens is 324 g/mol. The number of fused-ring (bicyclic) bond motifs is 1. The average molecular weight is 344 g/mol. The van der Waals surface area contributed by atoms with Crippen LogP contribution in [0.5, 0.6) is 0 Å². The van der Waals surface area contributed by atoms with Crippen LogP contribution in [0.3, 0.4) is 0 Å². The maximum Gasteiger partial charge on any atom is 0.310 e. The third kappa shape index (κ3) is 2.90. The number of amides is 3. The van der Waals surface area contributed by atoms with Crippen LogP contribution in [0.15, 0.2) is 24.3 Å². The average Bonchev–Trinajstić information content (AvgIpc) is 2.91. The number of likely N-dealkylation sites (tertiary alicyclic amines) is 1. The van der Waals surface area contributed by atoms with Crippen LogP contribution in [0.4, 0.5) is 0 Å². The van der Waals surface area contributed by atoms with Crippen molar-refractivity contribution in [2.24, 2.45) is 5.92 Å². The molecule has 0 saturated carbocycles. The topological polar surface area (TPSA) is 84.0 Å². The smallest absolute Gasteiger partial charge is 0.310 e. The van der Waals surface area contributed by atoms with Crippen molar-refractivity contribution in [1.29, 1.82) is 0 Å². The zero-order chi connectivity index (χ0) is 18.1. The number of benzene rings is 1. The van der Waals surface area contributed by atoms with E-state index in [1.54, 1.807) is 36.1 Å². The van der Waals surface area contributed by atoms with Crippen LogP contribution < -0.4 is 0 Å². The van der Waals surface area contributed by atoms with Crippen molar-refractivity contribution in [3.8, 4) is 0 Å². The Morgan fingerprint density at radius 2 is 1.76 bits per heavy atom. The predicted molar refractivity (Wildman–Crippen MR) is 87.7 cm³/mol. The number of piperidine rings is 1. The highest BCUT2D eigenvalue weighted by Gasteiger charge is 2.42. The summed E-state index contributed by atoms with van der Waals surface area (Å²) in [5.41, 5.74) is 0.636. The Hall–Kier alpha value is -2.70. The normalized spacial score (nSPS) is 21.1. The first-order valence-electron chi connectivity index (χ1n) is 8.29. The fourth-order valence-corrected chi connectivity index (χ4v) is 3.47. The van der Waals surface area contributed by atoms with Crippen molar-refractivity contribution in [3.63, 3.8) is 0 Å². The van der Waals surface area contributed by atoms with Gasteiger partial charge in [0.25, 0.3) is 11.8 Å². The van der Waals surface area contributed by atoms with E-state index in [1.165, 1.54) is 7.11 Å². The zero-order valence-corrected chi connectivity index (χ0v) is 14.2. The fraction of sp³-hybridized carbons (Fsp3) is 0.444. The zero-order valence-electron chi connectivity index (χ0n) is 14.2.